The van der Waals surface area contributed by atoms with Gasteiger partial charge < -0.3 is 5.73 Å². The van der Waals surface area contributed by atoms with E-state index < -0.39 is 0 Å². The highest BCUT2D eigenvalue weighted by Gasteiger charge is 2.04. The second-order valence-corrected chi connectivity index (χ2v) is 3.57. The minimum Gasteiger partial charge on any atom is -0.327 e. The molecule has 0 rings (SSSR count). The summed E-state index contributed by atoms with van der Waals surface area (Å²) in [5, 5.41) is 8.66. The zero-order valence-corrected chi connectivity index (χ0v) is 7.32. The Labute approximate surface area is 66.8 Å². The van der Waals surface area contributed by atoms with Crippen LogP contribution in [0.25, 0.3) is 0 Å². The van der Waals surface area contributed by atoms with Crippen LogP contribution in [-0.4, -0.2) is 17.0 Å². The monoisotopic (exact) mass is 158 g/mol. The lowest BCUT2D eigenvalue weighted by Crippen LogP contribution is -2.19. The highest BCUT2D eigenvalue weighted by molar-refractivity contribution is 8.00. The van der Waals surface area contributed by atoms with E-state index in [4.69, 9.17) is 11.0 Å². The zero-order valence-electron chi connectivity index (χ0n) is 6.50. The highest BCUT2D eigenvalue weighted by Crippen LogP contribution is 2.13. The van der Waals surface area contributed by atoms with Crippen LogP contribution in [0.2, 0.25) is 0 Å². The molecule has 0 aliphatic heterocycles. The molecule has 0 saturated heterocycles. The molecule has 3 heteroatoms. The molecule has 0 fully saturated rings. The van der Waals surface area contributed by atoms with Crippen molar-refractivity contribution in [2.45, 2.75) is 31.6 Å². The maximum Gasteiger partial charge on any atom is 0.0914 e. The Morgan fingerprint density at radius 2 is 2.30 bits per heavy atom. The lowest BCUT2D eigenvalue weighted by Gasteiger charge is -2.07. The van der Waals surface area contributed by atoms with E-state index >= 15 is 0 Å². The number of hydrogen-bond acceptors (Lipinski definition) is 3. The third kappa shape index (κ3) is 4.66. The molecule has 0 amide bonds. The van der Waals surface area contributed by atoms with Crippen molar-refractivity contribution in [3.63, 3.8) is 0 Å². The highest BCUT2D eigenvalue weighted by atomic mass is 32.2. The number of nitrogens with zero attached hydrogens (tertiary/aromatic N) is 1. The number of nitriles is 1. The summed E-state index contributed by atoms with van der Waals surface area (Å²) < 4.78 is 0. The molecule has 2 N–H and O–H groups in total. The summed E-state index contributed by atoms with van der Waals surface area (Å²) in [6.45, 7) is 3.97. The van der Waals surface area contributed by atoms with Crippen LogP contribution in [0, 0.1) is 11.3 Å². The molecule has 0 aliphatic carbocycles. The molecule has 10 heavy (non-hydrogen) atoms. The van der Waals surface area contributed by atoms with Gasteiger partial charge in [-0.05, 0) is 13.3 Å². The van der Waals surface area contributed by atoms with Crippen molar-refractivity contribution >= 4 is 11.8 Å². The molecular formula is C7H14N2S. The normalized spacial score (nSPS) is 15.8. The lowest BCUT2D eigenvalue weighted by molar-refractivity contribution is 0.842. The summed E-state index contributed by atoms with van der Waals surface area (Å²) in [6, 6.07) is 2.42. The summed E-state index contributed by atoms with van der Waals surface area (Å²) >= 11 is 1.64. The van der Waals surface area contributed by atoms with Crippen LogP contribution in [0.15, 0.2) is 0 Å². The van der Waals surface area contributed by atoms with E-state index in [0.717, 1.165) is 12.2 Å². The molecule has 0 aromatic rings. The van der Waals surface area contributed by atoms with Gasteiger partial charge in [0.25, 0.3) is 0 Å². The average Bonchev–Trinajstić information content (AvgIpc) is 1.90. The smallest absolute Gasteiger partial charge is 0.0914 e. The van der Waals surface area contributed by atoms with Gasteiger partial charge in [-0.25, -0.2) is 0 Å². The molecule has 2 atom stereocenters. The molecule has 0 bridgehead atoms. The Morgan fingerprint density at radius 3 is 2.60 bits per heavy atom. The molecular weight excluding hydrogens is 144 g/mol. The molecule has 0 aliphatic rings. The van der Waals surface area contributed by atoms with Crippen LogP contribution in [0.4, 0.5) is 0 Å². The molecule has 0 heterocycles. The fourth-order valence-corrected chi connectivity index (χ4v) is 1.36. The van der Waals surface area contributed by atoms with Crippen molar-refractivity contribution in [3.05, 3.63) is 0 Å². The summed E-state index contributed by atoms with van der Waals surface area (Å²) in [5.41, 5.74) is 5.52. The summed E-state index contributed by atoms with van der Waals surface area (Å²) in [5.74, 6) is 0.881. The van der Waals surface area contributed by atoms with Crippen molar-refractivity contribution in [1.82, 2.24) is 0 Å². The topological polar surface area (TPSA) is 49.8 Å². The lowest BCUT2D eigenvalue weighted by atomic mass is 10.4. The van der Waals surface area contributed by atoms with Gasteiger partial charge >= 0.3 is 0 Å². The van der Waals surface area contributed by atoms with E-state index in [1.54, 1.807) is 11.8 Å². The first kappa shape index (κ1) is 9.80. The Bertz CT molecular complexity index is 117. The van der Waals surface area contributed by atoms with Gasteiger partial charge in [0.15, 0.2) is 0 Å². The van der Waals surface area contributed by atoms with Crippen LogP contribution in [-0.2, 0) is 0 Å². The minimum absolute atomic E-state index is 0.131. The van der Waals surface area contributed by atoms with Gasteiger partial charge in [-0.2, -0.15) is 5.26 Å². The van der Waals surface area contributed by atoms with E-state index in [-0.39, 0.29) is 11.3 Å². The van der Waals surface area contributed by atoms with E-state index in [1.165, 1.54) is 0 Å². The van der Waals surface area contributed by atoms with E-state index in [9.17, 15) is 0 Å². The minimum atomic E-state index is 0.131. The first-order valence-corrected chi connectivity index (χ1v) is 4.52. The number of nitrogens with two attached hydrogens (primary N) is 1. The third-order valence-electron chi connectivity index (χ3n) is 1.08. The SMILES string of the molecule is CCC(C#N)SCC(C)N. The molecule has 2 nitrogen and oxygen atoms in total. The first-order valence-electron chi connectivity index (χ1n) is 3.47. The van der Waals surface area contributed by atoms with E-state index in [2.05, 4.69) is 6.07 Å². The maximum atomic E-state index is 8.53. The van der Waals surface area contributed by atoms with Crippen molar-refractivity contribution in [3.8, 4) is 6.07 Å². The van der Waals surface area contributed by atoms with Gasteiger partial charge in [0.1, 0.15) is 0 Å². The maximum absolute atomic E-state index is 8.53. The fourth-order valence-electron chi connectivity index (χ4n) is 0.514. The molecule has 0 aromatic carbocycles. The third-order valence-corrected chi connectivity index (χ3v) is 2.63. The molecule has 0 radical (unpaired) electrons. The van der Waals surface area contributed by atoms with Gasteiger partial charge in [-0.3, -0.25) is 0 Å². The standard InChI is InChI=1S/C7H14N2S/c1-3-7(4-8)10-5-6(2)9/h6-7H,3,5,9H2,1-2H3. The van der Waals surface area contributed by atoms with Crippen LogP contribution in [0.3, 0.4) is 0 Å². The van der Waals surface area contributed by atoms with Gasteiger partial charge in [-0.1, -0.05) is 6.92 Å². The van der Waals surface area contributed by atoms with Gasteiger partial charge in [0, 0.05) is 11.8 Å². The van der Waals surface area contributed by atoms with Crippen molar-refractivity contribution < 1.29 is 0 Å². The summed E-state index contributed by atoms with van der Waals surface area (Å²) in [7, 11) is 0. The van der Waals surface area contributed by atoms with Crippen LogP contribution in [0.1, 0.15) is 20.3 Å². The van der Waals surface area contributed by atoms with E-state index in [0.29, 0.717) is 0 Å². The second-order valence-electron chi connectivity index (χ2n) is 2.34. The Morgan fingerprint density at radius 1 is 1.70 bits per heavy atom. The quantitative estimate of drug-likeness (QED) is 0.672. The number of hydrogen-bond donors (Lipinski definition) is 1. The fraction of sp³-hybridized carbons (Fsp3) is 0.857. The molecule has 0 saturated carbocycles. The Hall–Kier alpha value is -0.200. The average molecular weight is 158 g/mol. The molecule has 58 valence electrons. The molecule has 2 unspecified atom stereocenters. The van der Waals surface area contributed by atoms with Crippen molar-refractivity contribution in [1.29, 1.82) is 5.26 Å². The second kappa shape index (κ2) is 5.57. The van der Waals surface area contributed by atoms with Gasteiger partial charge in [0.2, 0.25) is 0 Å². The Kier molecular flexibility index (Phi) is 5.46. The molecule has 0 spiro atoms. The Balaban J connectivity index is 3.38. The van der Waals surface area contributed by atoms with E-state index in [1.807, 2.05) is 13.8 Å². The summed E-state index contributed by atoms with van der Waals surface area (Å²) in [4.78, 5) is 0. The van der Waals surface area contributed by atoms with Crippen molar-refractivity contribution in [2.75, 3.05) is 5.75 Å². The van der Waals surface area contributed by atoms with Crippen LogP contribution in [0.5, 0.6) is 0 Å². The summed E-state index contributed by atoms with van der Waals surface area (Å²) in [6.07, 6.45) is 0.911. The van der Waals surface area contributed by atoms with Gasteiger partial charge in [0.05, 0.1) is 11.3 Å². The largest absolute Gasteiger partial charge is 0.327 e. The first-order chi connectivity index (χ1) is 4.70. The predicted octanol–water partition coefficient (Wildman–Crippen LogP) is 1.37. The van der Waals surface area contributed by atoms with Gasteiger partial charge in [-0.15, -0.1) is 11.8 Å². The zero-order chi connectivity index (χ0) is 7.98. The number of thioether (sulfide) groups is 1. The van der Waals surface area contributed by atoms with Crippen molar-refractivity contribution in [2.24, 2.45) is 5.73 Å². The van der Waals surface area contributed by atoms with Crippen LogP contribution < -0.4 is 5.73 Å². The molecule has 0 aromatic heterocycles. The van der Waals surface area contributed by atoms with Crippen LogP contribution >= 0.6 is 11.8 Å². The predicted molar refractivity (Wildman–Crippen MR) is 45.8 cm³/mol. The number of rotatable bonds is 4.